The lowest BCUT2D eigenvalue weighted by molar-refractivity contribution is -0.124. The number of ether oxygens (including phenoxy) is 1. The maximum atomic E-state index is 11.2. The molecule has 0 aliphatic rings. The largest absolute Gasteiger partial charge is 0.383 e. The first-order valence-corrected chi connectivity index (χ1v) is 4.23. The third kappa shape index (κ3) is 4.31. The molecule has 3 N–H and O–H groups in total. The summed E-state index contributed by atoms with van der Waals surface area (Å²) in [6.07, 6.45) is 0.787. The number of carbonyl (C=O) groups excluding carboxylic acids is 1. The van der Waals surface area contributed by atoms with Gasteiger partial charge in [0.05, 0.1) is 6.61 Å². The van der Waals surface area contributed by atoms with Crippen molar-refractivity contribution in [3.63, 3.8) is 0 Å². The van der Waals surface area contributed by atoms with E-state index in [2.05, 4.69) is 5.32 Å². The molecule has 0 aromatic carbocycles. The molecule has 0 aliphatic carbocycles. The minimum Gasteiger partial charge on any atom is -0.383 e. The number of methoxy groups -OCH3 is 1. The Kier molecular flexibility index (Phi) is 6.70. The Bertz CT molecular complexity index is 124. The van der Waals surface area contributed by atoms with Gasteiger partial charge in [-0.1, -0.05) is 6.92 Å². The maximum Gasteiger partial charge on any atom is 0.224 e. The highest BCUT2D eigenvalue weighted by molar-refractivity contribution is 5.78. The number of amides is 1. The lowest BCUT2D eigenvalue weighted by Gasteiger charge is -2.11. The highest BCUT2D eigenvalue weighted by atomic mass is 16.5. The minimum atomic E-state index is -0.0538. The van der Waals surface area contributed by atoms with Crippen LogP contribution in [0.4, 0.5) is 0 Å². The molecule has 1 atom stereocenters. The summed E-state index contributed by atoms with van der Waals surface area (Å²) in [6.45, 7) is 3.47. The second-order valence-electron chi connectivity index (χ2n) is 2.62. The molecule has 1 unspecified atom stereocenters. The number of hydrogen-bond donors (Lipinski definition) is 2. The molecule has 12 heavy (non-hydrogen) atoms. The summed E-state index contributed by atoms with van der Waals surface area (Å²) >= 11 is 0. The summed E-state index contributed by atoms with van der Waals surface area (Å²) in [5, 5.41) is 2.74. The van der Waals surface area contributed by atoms with Gasteiger partial charge in [0.15, 0.2) is 0 Å². The minimum absolute atomic E-state index is 0.0250. The van der Waals surface area contributed by atoms with Gasteiger partial charge in [-0.05, 0) is 6.42 Å². The summed E-state index contributed by atoms with van der Waals surface area (Å²) in [7, 11) is 1.60. The molecule has 0 rings (SSSR count). The molecule has 0 aromatic heterocycles. The number of hydrogen-bond acceptors (Lipinski definition) is 3. The van der Waals surface area contributed by atoms with Crippen LogP contribution in [0.15, 0.2) is 0 Å². The number of nitrogens with two attached hydrogens (primary N) is 1. The van der Waals surface area contributed by atoms with Crippen LogP contribution in [0, 0.1) is 5.92 Å². The highest BCUT2D eigenvalue weighted by Gasteiger charge is 2.12. The number of rotatable bonds is 6. The van der Waals surface area contributed by atoms with E-state index in [4.69, 9.17) is 10.5 Å². The highest BCUT2D eigenvalue weighted by Crippen LogP contribution is 1.98. The van der Waals surface area contributed by atoms with Crippen molar-refractivity contribution < 1.29 is 9.53 Å². The van der Waals surface area contributed by atoms with Crippen LogP contribution in [0.2, 0.25) is 0 Å². The fourth-order valence-electron chi connectivity index (χ4n) is 0.880. The average molecular weight is 174 g/mol. The van der Waals surface area contributed by atoms with Crippen LogP contribution in [0.1, 0.15) is 13.3 Å². The Morgan fingerprint density at radius 2 is 2.33 bits per heavy atom. The van der Waals surface area contributed by atoms with E-state index in [0.717, 1.165) is 6.42 Å². The van der Waals surface area contributed by atoms with Gasteiger partial charge in [0.1, 0.15) is 0 Å². The first-order chi connectivity index (χ1) is 5.76. The van der Waals surface area contributed by atoms with Crippen LogP contribution in [-0.4, -0.2) is 32.7 Å². The molecule has 0 saturated carbocycles. The van der Waals surface area contributed by atoms with Gasteiger partial charge in [-0.3, -0.25) is 4.79 Å². The molecule has 0 aromatic rings. The summed E-state index contributed by atoms with van der Waals surface area (Å²) in [4.78, 5) is 11.2. The quantitative estimate of drug-likeness (QED) is 0.545. The predicted molar refractivity (Wildman–Crippen MR) is 47.7 cm³/mol. The standard InChI is InChI=1S/C8H18N2O2/c1-3-7(6-9)8(11)10-4-5-12-2/h7H,3-6,9H2,1-2H3,(H,10,11). The Hall–Kier alpha value is -0.610. The van der Waals surface area contributed by atoms with Crippen molar-refractivity contribution in [2.24, 2.45) is 11.7 Å². The van der Waals surface area contributed by atoms with Gasteiger partial charge >= 0.3 is 0 Å². The first kappa shape index (κ1) is 11.4. The molecule has 0 bridgehead atoms. The molecular weight excluding hydrogens is 156 g/mol. The smallest absolute Gasteiger partial charge is 0.224 e. The average Bonchev–Trinajstić information content (AvgIpc) is 2.07. The van der Waals surface area contributed by atoms with E-state index in [1.165, 1.54) is 0 Å². The van der Waals surface area contributed by atoms with Gasteiger partial charge in [0, 0.05) is 26.1 Å². The molecule has 0 aliphatic heterocycles. The van der Waals surface area contributed by atoms with E-state index in [0.29, 0.717) is 19.7 Å². The van der Waals surface area contributed by atoms with Crippen molar-refractivity contribution in [3.05, 3.63) is 0 Å². The Morgan fingerprint density at radius 1 is 1.67 bits per heavy atom. The van der Waals surface area contributed by atoms with Crippen LogP contribution in [0.3, 0.4) is 0 Å². The van der Waals surface area contributed by atoms with Crippen LogP contribution in [-0.2, 0) is 9.53 Å². The van der Waals surface area contributed by atoms with E-state index in [-0.39, 0.29) is 11.8 Å². The second-order valence-corrected chi connectivity index (χ2v) is 2.62. The molecule has 4 heteroatoms. The molecule has 0 fully saturated rings. The van der Waals surface area contributed by atoms with Gasteiger partial charge in [0.25, 0.3) is 0 Å². The molecule has 4 nitrogen and oxygen atoms in total. The van der Waals surface area contributed by atoms with E-state index >= 15 is 0 Å². The SMILES string of the molecule is CCC(CN)C(=O)NCCOC. The maximum absolute atomic E-state index is 11.2. The molecule has 0 radical (unpaired) electrons. The summed E-state index contributed by atoms with van der Waals surface area (Å²) in [6, 6.07) is 0. The van der Waals surface area contributed by atoms with Crippen molar-refractivity contribution in [1.82, 2.24) is 5.32 Å². The summed E-state index contributed by atoms with van der Waals surface area (Å²) < 4.78 is 4.79. The molecule has 0 spiro atoms. The molecule has 1 amide bonds. The van der Waals surface area contributed by atoms with Gasteiger partial charge in [-0.2, -0.15) is 0 Å². The zero-order chi connectivity index (χ0) is 9.40. The zero-order valence-corrected chi connectivity index (χ0v) is 7.80. The van der Waals surface area contributed by atoms with Crippen LogP contribution < -0.4 is 11.1 Å². The fourth-order valence-corrected chi connectivity index (χ4v) is 0.880. The fraction of sp³-hybridized carbons (Fsp3) is 0.875. The van der Waals surface area contributed by atoms with Crippen LogP contribution in [0.25, 0.3) is 0 Å². The molecule has 72 valence electrons. The Labute approximate surface area is 73.5 Å². The van der Waals surface area contributed by atoms with Crippen molar-refractivity contribution in [3.8, 4) is 0 Å². The van der Waals surface area contributed by atoms with Gasteiger partial charge < -0.3 is 15.8 Å². The third-order valence-electron chi connectivity index (χ3n) is 1.75. The predicted octanol–water partition coefficient (Wildman–Crippen LogP) is -0.266. The molecular formula is C8H18N2O2. The van der Waals surface area contributed by atoms with Crippen LogP contribution in [0.5, 0.6) is 0 Å². The monoisotopic (exact) mass is 174 g/mol. The Balaban J connectivity index is 3.54. The van der Waals surface area contributed by atoms with E-state index in [1.807, 2.05) is 6.92 Å². The van der Waals surface area contributed by atoms with Crippen LogP contribution >= 0.6 is 0 Å². The third-order valence-corrected chi connectivity index (χ3v) is 1.75. The van der Waals surface area contributed by atoms with E-state index in [9.17, 15) is 4.79 Å². The molecule has 0 saturated heterocycles. The Morgan fingerprint density at radius 3 is 2.75 bits per heavy atom. The topological polar surface area (TPSA) is 64.4 Å². The van der Waals surface area contributed by atoms with E-state index < -0.39 is 0 Å². The molecule has 0 heterocycles. The van der Waals surface area contributed by atoms with Gasteiger partial charge in [0.2, 0.25) is 5.91 Å². The van der Waals surface area contributed by atoms with Crippen molar-refractivity contribution in [2.45, 2.75) is 13.3 Å². The summed E-state index contributed by atoms with van der Waals surface area (Å²) in [5.41, 5.74) is 5.40. The van der Waals surface area contributed by atoms with Crippen molar-refractivity contribution in [2.75, 3.05) is 26.8 Å². The van der Waals surface area contributed by atoms with Gasteiger partial charge in [-0.15, -0.1) is 0 Å². The van der Waals surface area contributed by atoms with Crippen molar-refractivity contribution >= 4 is 5.91 Å². The van der Waals surface area contributed by atoms with E-state index in [1.54, 1.807) is 7.11 Å². The zero-order valence-electron chi connectivity index (χ0n) is 7.80. The second kappa shape index (κ2) is 7.06. The van der Waals surface area contributed by atoms with Gasteiger partial charge in [-0.25, -0.2) is 0 Å². The summed E-state index contributed by atoms with van der Waals surface area (Å²) in [5.74, 6) is -0.0288. The first-order valence-electron chi connectivity index (χ1n) is 4.23. The lowest BCUT2D eigenvalue weighted by Crippen LogP contribution is -2.36. The number of nitrogens with one attached hydrogen (secondary N) is 1. The number of carbonyl (C=O) groups is 1. The lowest BCUT2D eigenvalue weighted by atomic mass is 10.1. The normalized spacial score (nSPS) is 12.6. The van der Waals surface area contributed by atoms with Crippen molar-refractivity contribution in [1.29, 1.82) is 0 Å².